The molecule has 0 fully saturated rings. The highest BCUT2D eigenvalue weighted by molar-refractivity contribution is 5.83. The van der Waals surface area contributed by atoms with Crippen LogP contribution in [-0.4, -0.2) is 30.7 Å². The van der Waals surface area contributed by atoms with Crippen molar-refractivity contribution in [3.63, 3.8) is 0 Å². The maximum absolute atomic E-state index is 11.9. The molecule has 0 aromatic heterocycles. The Kier molecular flexibility index (Phi) is 6.96. The van der Waals surface area contributed by atoms with Crippen LogP contribution in [0, 0.1) is 5.92 Å². The van der Waals surface area contributed by atoms with Crippen molar-refractivity contribution >= 4 is 5.97 Å². The van der Waals surface area contributed by atoms with Gasteiger partial charge in [0.15, 0.2) is 0 Å². The second-order valence-electron chi connectivity index (χ2n) is 5.70. The predicted molar refractivity (Wildman–Crippen MR) is 87.2 cm³/mol. The molecule has 1 aliphatic carbocycles. The molecule has 0 saturated carbocycles. The zero-order chi connectivity index (χ0) is 15.9. The third kappa shape index (κ3) is 3.67. The van der Waals surface area contributed by atoms with E-state index < -0.39 is 11.5 Å². The molecule has 3 N–H and O–H groups in total. The van der Waals surface area contributed by atoms with Gasteiger partial charge in [-0.25, -0.2) is 4.79 Å². The van der Waals surface area contributed by atoms with Gasteiger partial charge in [0.2, 0.25) is 0 Å². The molecule has 0 radical (unpaired) electrons. The van der Waals surface area contributed by atoms with Crippen LogP contribution in [0.15, 0.2) is 23.4 Å². The van der Waals surface area contributed by atoms with Crippen molar-refractivity contribution in [1.82, 2.24) is 10.6 Å². The van der Waals surface area contributed by atoms with Gasteiger partial charge in [0.1, 0.15) is 5.54 Å². The van der Waals surface area contributed by atoms with Gasteiger partial charge < -0.3 is 15.7 Å². The number of likely N-dealkylation sites (N-methyl/N-ethyl adjacent to an activating group) is 2. The lowest BCUT2D eigenvalue weighted by atomic mass is 9.71. The van der Waals surface area contributed by atoms with E-state index in [-0.39, 0.29) is 5.92 Å². The summed E-state index contributed by atoms with van der Waals surface area (Å²) in [6.45, 7) is 4.29. The van der Waals surface area contributed by atoms with Crippen molar-refractivity contribution < 1.29 is 9.90 Å². The van der Waals surface area contributed by atoms with Gasteiger partial charge in [0.25, 0.3) is 0 Å². The van der Waals surface area contributed by atoms with Crippen molar-refractivity contribution in [3.8, 4) is 0 Å². The van der Waals surface area contributed by atoms with Crippen molar-refractivity contribution in [3.05, 3.63) is 23.4 Å². The topological polar surface area (TPSA) is 61.4 Å². The summed E-state index contributed by atoms with van der Waals surface area (Å²) in [5.41, 5.74) is 1.32. The fourth-order valence-corrected chi connectivity index (χ4v) is 3.34. The molecule has 0 aliphatic heterocycles. The quantitative estimate of drug-likeness (QED) is 0.572. The first-order chi connectivity index (χ1) is 10.1. The maximum Gasteiger partial charge on any atom is 0.328 e. The lowest BCUT2D eigenvalue weighted by Crippen LogP contribution is -2.56. The molecule has 0 bridgehead atoms. The van der Waals surface area contributed by atoms with E-state index in [0.717, 1.165) is 25.0 Å². The zero-order valence-corrected chi connectivity index (χ0v) is 13.8. The Morgan fingerprint density at radius 3 is 2.48 bits per heavy atom. The largest absolute Gasteiger partial charge is 0.480 e. The van der Waals surface area contributed by atoms with Gasteiger partial charge in [-0.3, -0.25) is 0 Å². The molecule has 2 unspecified atom stereocenters. The van der Waals surface area contributed by atoms with Gasteiger partial charge >= 0.3 is 5.97 Å². The summed E-state index contributed by atoms with van der Waals surface area (Å²) >= 11 is 0. The monoisotopic (exact) mass is 294 g/mol. The first kappa shape index (κ1) is 17.8. The molecule has 1 aliphatic rings. The highest BCUT2D eigenvalue weighted by Crippen LogP contribution is 2.38. The fraction of sp³-hybridized carbons (Fsp3) is 0.706. The molecule has 4 heteroatoms. The second-order valence-corrected chi connectivity index (χ2v) is 5.70. The van der Waals surface area contributed by atoms with Gasteiger partial charge in [-0.05, 0) is 31.5 Å². The number of rotatable bonds is 9. The van der Waals surface area contributed by atoms with Gasteiger partial charge in [-0.1, -0.05) is 45.6 Å². The number of hydrogen-bond donors (Lipinski definition) is 3. The van der Waals surface area contributed by atoms with Crippen LogP contribution < -0.4 is 10.6 Å². The third-order valence-electron chi connectivity index (χ3n) is 4.59. The molecule has 0 heterocycles. The normalized spacial score (nSPS) is 25.2. The Morgan fingerprint density at radius 2 is 2.00 bits per heavy atom. The summed E-state index contributed by atoms with van der Waals surface area (Å²) in [4.78, 5) is 11.9. The SMILES string of the molecule is CCCCCCC1C(CC)=C(NC)C=CC1(NC)C(=O)O. The Hall–Kier alpha value is -1.29. The van der Waals surface area contributed by atoms with Crippen LogP contribution in [0.3, 0.4) is 0 Å². The lowest BCUT2D eigenvalue weighted by Gasteiger charge is -2.39. The standard InChI is InChI=1S/C17H30N2O2/c1-5-7-8-9-10-14-13(6-2)15(18-3)11-12-17(14,19-4)16(20)21/h11-12,14,18-19H,5-10H2,1-4H3,(H,20,21). The summed E-state index contributed by atoms with van der Waals surface area (Å²) < 4.78 is 0. The summed E-state index contributed by atoms with van der Waals surface area (Å²) in [6.07, 6.45) is 10.1. The van der Waals surface area contributed by atoms with E-state index in [2.05, 4.69) is 24.5 Å². The van der Waals surface area contributed by atoms with Crippen molar-refractivity contribution in [1.29, 1.82) is 0 Å². The highest BCUT2D eigenvalue weighted by Gasteiger charge is 2.45. The summed E-state index contributed by atoms with van der Waals surface area (Å²) in [6, 6.07) is 0. The molecule has 21 heavy (non-hydrogen) atoms. The first-order valence-corrected chi connectivity index (χ1v) is 8.09. The van der Waals surface area contributed by atoms with Crippen LogP contribution in [-0.2, 0) is 4.79 Å². The molecule has 0 amide bonds. The van der Waals surface area contributed by atoms with Gasteiger partial charge in [-0.15, -0.1) is 0 Å². The number of carbonyl (C=O) groups is 1. The summed E-state index contributed by atoms with van der Waals surface area (Å²) in [7, 11) is 3.64. The molecule has 4 nitrogen and oxygen atoms in total. The smallest absolute Gasteiger partial charge is 0.328 e. The van der Waals surface area contributed by atoms with E-state index in [1.54, 1.807) is 7.05 Å². The average molecular weight is 294 g/mol. The number of hydrogen-bond acceptors (Lipinski definition) is 3. The molecule has 1 rings (SSSR count). The number of unbranched alkanes of at least 4 members (excludes halogenated alkanes) is 3. The van der Waals surface area contributed by atoms with E-state index >= 15 is 0 Å². The fourth-order valence-electron chi connectivity index (χ4n) is 3.34. The van der Waals surface area contributed by atoms with E-state index in [1.807, 2.05) is 19.2 Å². The molecule has 120 valence electrons. The molecular weight excluding hydrogens is 264 g/mol. The number of carboxylic acid groups (broad SMARTS) is 1. The Labute approximate surface area is 128 Å². The minimum Gasteiger partial charge on any atom is -0.480 e. The lowest BCUT2D eigenvalue weighted by molar-refractivity contribution is -0.144. The van der Waals surface area contributed by atoms with Crippen LogP contribution >= 0.6 is 0 Å². The average Bonchev–Trinajstić information content (AvgIpc) is 2.50. The third-order valence-corrected chi connectivity index (χ3v) is 4.59. The van der Waals surface area contributed by atoms with Gasteiger partial charge in [0, 0.05) is 18.7 Å². The number of allylic oxidation sites excluding steroid dienone is 1. The number of nitrogens with one attached hydrogen (secondary N) is 2. The van der Waals surface area contributed by atoms with E-state index in [9.17, 15) is 9.90 Å². The summed E-state index contributed by atoms with van der Waals surface area (Å²) in [5.74, 6) is -0.780. The Bertz CT molecular complexity index is 415. The van der Waals surface area contributed by atoms with Crippen molar-refractivity contribution in [2.45, 2.75) is 57.9 Å². The number of carboxylic acids is 1. The summed E-state index contributed by atoms with van der Waals surface area (Å²) in [5, 5.41) is 16.1. The molecule has 0 saturated heterocycles. The Morgan fingerprint density at radius 1 is 1.29 bits per heavy atom. The zero-order valence-electron chi connectivity index (χ0n) is 13.8. The van der Waals surface area contributed by atoms with Crippen LogP contribution in [0.1, 0.15) is 52.4 Å². The number of aliphatic carboxylic acids is 1. The maximum atomic E-state index is 11.9. The van der Waals surface area contributed by atoms with E-state index in [4.69, 9.17) is 0 Å². The minimum absolute atomic E-state index is 0.00862. The van der Waals surface area contributed by atoms with Crippen LogP contribution in [0.5, 0.6) is 0 Å². The van der Waals surface area contributed by atoms with Crippen LogP contribution in [0.25, 0.3) is 0 Å². The van der Waals surface area contributed by atoms with E-state index in [0.29, 0.717) is 0 Å². The van der Waals surface area contributed by atoms with Crippen LogP contribution in [0.2, 0.25) is 0 Å². The van der Waals surface area contributed by atoms with E-state index in [1.165, 1.54) is 24.8 Å². The highest BCUT2D eigenvalue weighted by atomic mass is 16.4. The van der Waals surface area contributed by atoms with Crippen molar-refractivity contribution in [2.75, 3.05) is 14.1 Å². The Balaban J connectivity index is 3.06. The van der Waals surface area contributed by atoms with Crippen LogP contribution in [0.4, 0.5) is 0 Å². The molecule has 0 aromatic rings. The molecule has 0 spiro atoms. The first-order valence-electron chi connectivity index (χ1n) is 8.09. The van der Waals surface area contributed by atoms with Crippen molar-refractivity contribution in [2.24, 2.45) is 5.92 Å². The second kappa shape index (κ2) is 8.23. The molecule has 2 atom stereocenters. The molecule has 0 aromatic carbocycles. The molecular formula is C17H30N2O2. The minimum atomic E-state index is -0.974. The van der Waals surface area contributed by atoms with Gasteiger partial charge in [0.05, 0.1) is 0 Å². The van der Waals surface area contributed by atoms with Gasteiger partial charge in [-0.2, -0.15) is 0 Å². The predicted octanol–water partition coefficient (Wildman–Crippen LogP) is 3.07.